The van der Waals surface area contributed by atoms with Crippen molar-refractivity contribution in [1.82, 2.24) is 13.9 Å². The monoisotopic (exact) mass is 368 g/mol. The van der Waals surface area contributed by atoms with Crippen LogP contribution in [0.4, 0.5) is 5.69 Å². The highest BCUT2D eigenvalue weighted by Crippen LogP contribution is 2.21. The van der Waals surface area contributed by atoms with Gasteiger partial charge < -0.3 is 10.1 Å². The molecule has 1 aliphatic rings. The second-order valence-corrected chi connectivity index (χ2v) is 7.88. The van der Waals surface area contributed by atoms with Crippen molar-refractivity contribution in [3.05, 3.63) is 34.8 Å². The number of hydrogen-bond donors (Lipinski definition) is 1. The minimum absolute atomic E-state index is 0.140. The van der Waals surface area contributed by atoms with E-state index in [1.54, 1.807) is 19.1 Å². The van der Waals surface area contributed by atoms with E-state index in [1.165, 1.54) is 16.4 Å². The molecule has 1 amide bonds. The van der Waals surface area contributed by atoms with Crippen molar-refractivity contribution in [2.45, 2.75) is 11.8 Å². The Morgan fingerprint density at radius 1 is 1.33 bits per heavy atom. The van der Waals surface area contributed by atoms with E-state index in [0.29, 0.717) is 42.6 Å². The molecule has 0 aliphatic carbocycles. The summed E-state index contributed by atoms with van der Waals surface area (Å²) in [6.45, 7) is 3.10. The van der Waals surface area contributed by atoms with Crippen LogP contribution in [-0.2, 0) is 14.8 Å². The Kier molecular flexibility index (Phi) is 4.90. The third-order valence-corrected chi connectivity index (χ3v) is 6.28. The predicted octanol–water partition coefficient (Wildman–Crippen LogP) is 1.12. The number of nitrogens with zero attached hydrogens (tertiary/aromatic N) is 3. The van der Waals surface area contributed by atoms with E-state index >= 15 is 0 Å². The molecular formula is C14H16N4O4S2. The molecule has 0 radical (unpaired) electrons. The maximum atomic E-state index is 12.6. The highest BCUT2D eigenvalue weighted by molar-refractivity contribution is 7.89. The Labute approximate surface area is 143 Å². The lowest BCUT2D eigenvalue weighted by Crippen LogP contribution is -2.40. The number of nitrogens with one attached hydrogen (secondary N) is 1. The summed E-state index contributed by atoms with van der Waals surface area (Å²) in [6.07, 6.45) is 0. The number of benzene rings is 1. The molecule has 1 aromatic heterocycles. The first-order valence-electron chi connectivity index (χ1n) is 7.27. The summed E-state index contributed by atoms with van der Waals surface area (Å²) in [6, 6.07) is 6.20. The number of hydrogen-bond acceptors (Lipinski definition) is 7. The van der Waals surface area contributed by atoms with Gasteiger partial charge >= 0.3 is 0 Å². The molecule has 2 heterocycles. The van der Waals surface area contributed by atoms with Crippen molar-refractivity contribution in [2.75, 3.05) is 31.6 Å². The molecule has 1 N–H and O–H groups in total. The normalized spacial score (nSPS) is 16.0. The van der Waals surface area contributed by atoms with Crippen LogP contribution in [0.5, 0.6) is 0 Å². The van der Waals surface area contributed by atoms with Crippen LogP contribution in [0.25, 0.3) is 0 Å². The fourth-order valence-corrected chi connectivity index (χ4v) is 4.30. The zero-order valence-corrected chi connectivity index (χ0v) is 14.6. The highest BCUT2D eigenvalue weighted by Gasteiger charge is 2.26. The van der Waals surface area contributed by atoms with Gasteiger partial charge in [0.15, 0.2) is 0 Å². The average molecular weight is 368 g/mol. The fraction of sp³-hybridized carbons (Fsp3) is 0.357. The van der Waals surface area contributed by atoms with Crippen molar-refractivity contribution < 1.29 is 17.9 Å². The standard InChI is InChI=1S/C14H16N4O4S2/c1-10-13(23-17-16-10)14(19)15-11-3-2-4-12(9-11)24(20,21)18-5-7-22-8-6-18/h2-4,9H,5-8H2,1H3,(H,15,19). The first-order valence-corrected chi connectivity index (χ1v) is 9.48. The summed E-state index contributed by atoms with van der Waals surface area (Å²) in [5, 5.41) is 6.47. The first kappa shape index (κ1) is 17.0. The number of rotatable bonds is 4. The number of aryl methyl sites for hydroxylation is 1. The van der Waals surface area contributed by atoms with Gasteiger partial charge in [-0.1, -0.05) is 10.6 Å². The Morgan fingerprint density at radius 2 is 2.08 bits per heavy atom. The topological polar surface area (TPSA) is 101 Å². The van der Waals surface area contributed by atoms with Crippen LogP contribution < -0.4 is 5.32 Å². The SMILES string of the molecule is Cc1nnsc1C(=O)Nc1cccc(S(=O)(=O)N2CCOCC2)c1. The second kappa shape index (κ2) is 6.93. The molecule has 0 atom stereocenters. The summed E-state index contributed by atoms with van der Waals surface area (Å²) in [4.78, 5) is 12.7. The smallest absolute Gasteiger partial charge is 0.269 e. The number of carbonyl (C=O) groups excluding carboxylic acids is 1. The summed E-state index contributed by atoms with van der Waals surface area (Å²) >= 11 is 0.996. The van der Waals surface area contributed by atoms with E-state index in [2.05, 4.69) is 14.9 Å². The molecule has 10 heteroatoms. The van der Waals surface area contributed by atoms with Gasteiger partial charge in [0.2, 0.25) is 10.0 Å². The van der Waals surface area contributed by atoms with Crippen LogP contribution in [0.15, 0.2) is 29.2 Å². The average Bonchev–Trinajstić information content (AvgIpc) is 3.02. The van der Waals surface area contributed by atoms with Crippen molar-refractivity contribution in [2.24, 2.45) is 0 Å². The number of aromatic nitrogens is 2. The molecule has 3 rings (SSSR count). The van der Waals surface area contributed by atoms with Crippen molar-refractivity contribution in [3.63, 3.8) is 0 Å². The Bertz CT molecular complexity index is 844. The lowest BCUT2D eigenvalue weighted by atomic mass is 10.3. The molecule has 2 aromatic rings. The summed E-state index contributed by atoms with van der Waals surface area (Å²) in [7, 11) is -3.60. The number of anilines is 1. The largest absolute Gasteiger partial charge is 0.379 e. The van der Waals surface area contributed by atoms with E-state index in [1.807, 2.05) is 0 Å². The van der Waals surface area contributed by atoms with Gasteiger partial charge in [-0.25, -0.2) is 8.42 Å². The number of ether oxygens (including phenoxy) is 1. The minimum Gasteiger partial charge on any atom is -0.379 e. The lowest BCUT2D eigenvalue weighted by molar-refractivity contribution is 0.0730. The molecule has 0 saturated carbocycles. The molecule has 128 valence electrons. The van der Waals surface area contributed by atoms with Crippen LogP contribution in [0.3, 0.4) is 0 Å². The van der Waals surface area contributed by atoms with Crippen molar-refractivity contribution in [1.29, 1.82) is 0 Å². The number of morpholine rings is 1. The highest BCUT2D eigenvalue weighted by atomic mass is 32.2. The maximum absolute atomic E-state index is 12.6. The molecule has 0 unspecified atom stereocenters. The van der Waals surface area contributed by atoms with Crippen LogP contribution in [0, 0.1) is 6.92 Å². The zero-order valence-electron chi connectivity index (χ0n) is 12.9. The summed E-state index contributed by atoms with van der Waals surface area (Å²) in [5.74, 6) is -0.358. The Balaban J connectivity index is 1.81. The lowest BCUT2D eigenvalue weighted by Gasteiger charge is -2.26. The first-order chi connectivity index (χ1) is 11.5. The molecule has 24 heavy (non-hydrogen) atoms. The van der Waals surface area contributed by atoms with Gasteiger partial charge in [-0.15, -0.1) is 5.10 Å². The molecular weight excluding hydrogens is 352 g/mol. The van der Waals surface area contributed by atoms with Gasteiger partial charge in [0.1, 0.15) is 4.88 Å². The third-order valence-electron chi connectivity index (χ3n) is 3.56. The van der Waals surface area contributed by atoms with E-state index in [-0.39, 0.29) is 10.8 Å². The quantitative estimate of drug-likeness (QED) is 0.868. The summed E-state index contributed by atoms with van der Waals surface area (Å²) in [5.41, 5.74) is 0.941. The fourth-order valence-electron chi connectivity index (χ4n) is 2.30. The third kappa shape index (κ3) is 3.46. The predicted molar refractivity (Wildman–Crippen MR) is 88.6 cm³/mol. The van der Waals surface area contributed by atoms with Gasteiger partial charge in [-0.2, -0.15) is 4.31 Å². The van der Waals surface area contributed by atoms with Gasteiger partial charge in [0.05, 0.1) is 23.8 Å². The molecule has 8 nitrogen and oxygen atoms in total. The van der Waals surface area contributed by atoms with Crippen LogP contribution in [0.1, 0.15) is 15.4 Å². The van der Waals surface area contributed by atoms with Gasteiger partial charge in [-0.05, 0) is 36.7 Å². The number of carbonyl (C=O) groups is 1. The molecule has 1 saturated heterocycles. The summed E-state index contributed by atoms with van der Waals surface area (Å²) < 4.78 is 35.6. The molecule has 0 bridgehead atoms. The van der Waals surface area contributed by atoms with E-state index in [0.717, 1.165) is 11.5 Å². The second-order valence-electron chi connectivity index (χ2n) is 5.19. The van der Waals surface area contributed by atoms with Gasteiger partial charge in [0.25, 0.3) is 5.91 Å². The van der Waals surface area contributed by atoms with Crippen LogP contribution in [-0.4, -0.2) is 54.5 Å². The van der Waals surface area contributed by atoms with E-state index in [9.17, 15) is 13.2 Å². The molecule has 0 spiro atoms. The zero-order chi connectivity index (χ0) is 17.2. The molecule has 1 aromatic carbocycles. The van der Waals surface area contributed by atoms with Crippen LogP contribution >= 0.6 is 11.5 Å². The van der Waals surface area contributed by atoms with Gasteiger partial charge in [0, 0.05) is 18.8 Å². The van der Waals surface area contributed by atoms with E-state index < -0.39 is 10.0 Å². The number of sulfonamides is 1. The Morgan fingerprint density at radius 3 is 2.75 bits per heavy atom. The number of amides is 1. The van der Waals surface area contributed by atoms with Gasteiger partial charge in [-0.3, -0.25) is 4.79 Å². The van der Waals surface area contributed by atoms with Crippen LogP contribution in [0.2, 0.25) is 0 Å². The van der Waals surface area contributed by atoms with Crippen molar-refractivity contribution >= 4 is 33.2 Å². The maximum Gasteiger partial charge on any atom is 0.269 e. The van der Waals surface area contributed by atoms with E-state index in [4.69, 9.17) is 4.74 Å². The Hall–Kier alpha value is -1.88. The molecule has 1 fully saturated rings. The van der Waals surface area contributed by atoms with Crippen molar-refractivity contribution in [3.8, 4) is 0 Å². The minimum atomic E-state index is -3.60. The molecule has 1 aliphatic heterocycles.